The molecule has 2 rings (SSSR count). The van der Waals surface area contributed by atoms with Crippen molar-refractivity contribution in [1.29, 1.82) is 0 Å². The standard InChI is InChI=1S/C11H14N2O3S/c1-8-11(14)12-10-6-4-3-5-9(10)7-13(8)17(2,15)16/h3-6,8H,7H2,1-2H3,(H,12,14). The summed E-state index contributed by atoms with van der Waals surface area (Å²) in [6.45, 7) is 1.80. The van der Waals surface area contributed by atoms with Gasteiger partial charge in [-0.3, -0.25) is 4.79 Å². The molecule has 0 radical (unpaired) electrons. The number of hydrogen-bond donors (Lipinski definition) is 1. The van der Waals surface area contributed by atoms with Gasteiger partial charge in [-0.25, -0.2) is 8.42 Å². The van der Waals surface area contributed by atoms with Crippen LogP contribution in [0.1, 0.15) is 12.5 Å². The first-order valence-electron chi connectivity index (χ1n) is 5.25. The molecule has 0 bridgehead atoms. The summed E-state index contributed by atoms with van der Waals surface area (Å²) >= 11 is 0. The monoisotopic (exact) mass is 254 g/mol. The van der Waals surface area contributed by atoms with Gasteiger partial charge in [0.05, 0.1) is 6.26 Å². The number of rotatable bonds is 1. The summed E-state index contributed by atoms with van der Waals surface area (Å²) in [6, 6.07) is 6.51. The predicted octanol–water partition coefficient (Wildman–Crippen LogP) is 0.789. The van der Waals surface area contributed by atoms with Gasteiger partial charge in [-0.05, 0) is 18.6 Å². The SMILES string of the molecule is CC1C(=O)Nc2ccccc2CN1S(C)(=O)=O. The molecule has 1 unspecified atom stereocenters. The quantitative estimate of drug-likeness (QED) is 0.805. The Hall–Kier alpha value is -1.40. The number of hydrogen-bond acceptors (Lipinski definition) is 3. The van der Waals surface area contributed by atoms with Crippen molar-refractivity contribution in [2.45, 2.75) is 19.5 Å². The van der Waals surface area contributed by atoms with Gasteiger partial charge in [0.15, 0.2) is 0 Å². The van der Waals surface area contributed by atoms with Crippen molar-refractivity contribution in [2.24, 2.45) is 0 Å². The Kier molecular flexibility index (Phi) is 2.92. The minimum absolute atomic E-state index is 0.217. The highest BCUT2D eigenvalue weighted by Gasteiger charge is 2.32. The Morgan fingerprint density at radius 3 is 2.65 bits per heavy atom. The number of sulfonamides is 1. The fourth-order valence-electron chi connectivity index (χ4n) is 1.86. The molecular weight excluding hydrogens is 240 g/mol. The number of carbonyl (C=O) groups is 1. The van der Waals surface area contributed by atoms with Crippen LogP contribution < -0.4 is 5.32 Å². The molecule has 1 heterocycles. The summed E-state index contributed by atoms with van der Waals surface area (Å²) in [5.74, 6) is -0.305. The van der Waals surface area contributed by atoms with Gasteiger partial charge in [0.1, 0.15) is 6.04 Å². The molecule has 6 heteroatoms. The molecule has 0 saturated heterocycles. The lowest BCUT2D eigenvalue weighted by atomic mass is 10.2. The van der Waals surface area contributed by atoms with Crippen LogP contribution in [0, 0.1) is 0 Å². The smallest absolute Gasteiger partial charge is 0.242 e. The lowest BCUT2D eigenvalue weighted by Gasteiger charge is -2.22. The largest absolute Gasteiger partial charge is 0.324 e. The average molecular weight is 254 g/mol. The molecule has 0 aromatic heterocycles. The number of anilines is 1. The highest BCUT2D eigenvalue weighted by Crippen LogP contribution is 2.24. The molecule has 92 valence electrons. The summed E-state index contributed by atoms with van der Waals surface area (Å²) < 4.78 is 24.5. The predicted molar refractivity (Wildman–Crippen MR) is 64.9 cm³/mol. The van der Waals surface area contributed by atoms with E-state index in [-0.39, 0.29) is 12.5 Å². The van der Waals surface area contributed by atoms with Crippen molar-refractivity contribution in [1.82, 2.24) is 4.31 Å². The number of nitrogens with zero attached hydrogens (tertiary/aromatic N) is 1. The zero-order chi connectivity index (χ0) is 12.6. The van der Waals surface area contributed by atoms with Crippen molar-refractivity contribution in [3.8, 4) is 0 Å². The second-order valence-corrected chi connectivity index (χ2v) is 6.07. The van der Waals surface area contributed by atoms with Crippen LogP contribution in [0.5, 0.6) is 0 Å². The van der Waals surface area contributed by atoms with Crippen LogP contribution in [-0.2, 0) is 21.4 Å². The summed E-state index contributed by atoms with van der Waals surface area (Å²) in [4.78, 5) is 11.8. The van der Waals surface area contributed by atoms with Crippen molar-refractivity contribution < 1.29 is 13.2 Å². The zero-order valence-corrected chi connectivity index (χ0v) is 10.5. The van der Waals surface area contributed by atoms with Crippen molar-refractivity contribution in [2.75, 3.05) is 11.6 Å². The van der Waals surface area contributed by atoms with Crippen LogP contribution in [0.4, 0.5) is 5.69 Å². The Balaban J connectivity index is 2.49. The molecule has 1 aliphatic heterocycles. The maximum absolute atomic E-state index is 11.8. The highest BCUT2D eigenvalue weighted by atomic mass is 32.2. The summed E-state index contributed by atoms with van der Waals surface area (Å²) in [7, 11) is -3.40. The van der Waals surface area contributed by atoms with Crippen LogP contribution in [0.25, 0.3) is 0 Å². The van der Waals surface area contributed by atoms with Gasteiger partial charge < -0.3 is 5.32 Å². The van der Waals surface area contributed by atoms with E-state index in [1.54, 1.807) is 19.1 Å². The topological polar surface area (TPSA) is 66.5 Å². The first-order valence-corrected chi connectivity index (χ1v) is 7.10. The van der Waals surface area contributed by atoms with Crippen LogP contribution in [0.15, 0.2) is 24.3 Å². The third kappa shape index (κ3) is 2.32. The molecule has 1 amide bonds. The fraction of sp³-hybridized carbons (Fsp3) is 0.364. The van der Waals surface area contributed by atoms with E-state index >= 15 is 0 Å². The molecule has 1 aliphatic rings. The normalized spacial score (nSPS) is 21.5. The molecule has 1 N–H and O–H groups in total. The van der Waals surface area contributed by atoms with E-state index in [9.17, 15) is 13.2 Å². The number of nitrogens with one attached hydrogen (secondary N) is 1. The van der Waals surface area contributed by atoms with Crippen molar-refractivity contribution in [3.05, 3.63) is 29.8 Å². The fourth-order valence-corrected chi connectivity index (χ4v) is 2.90. The maximum Gasteiger partial charge on any atom is 0.242 e. The number of carbonyl (C=O) groups excluding carboxylic acids is 1. The summed E-state index contributed by atoms with van der Waals surface area (Å²) in [5.41, 5.74) is 1.48. The van der Waals surface area contributed by atoms with E-state index in [1.807, 2.05) is 12.1 Å². The molecular formula is C11H14N2O3S. The number of para-hydroxylation sites is 1. The number of fused-ring (bicyclic) bond motifs is 1. The average Bonchev–Trinajstić information content (AvgIpc) is 2.36. The first-order chi connectivity index (χ1) is 7.89. The lowest BCUT2D eigenvalue weighted by molar-refractivity contribution is -0.119. The molecule has 0 spiro atoms. The zero-order valence-electron chi connectivity index (χ0n) is 9.67. The Morgan fingerprint density at radius 1 is 1.35 bits per heavy atom. The minimum Gasteiger partial charge on any atom is -0.324 e. The van der Waals surface area contributed by atoms with Gasteiger partial charge in [0.2, 0.25) is 15.9 Å². The van der Waals surface area contributed by atoms with Gasteiger partial charge in [0, 0.05) is 12.2 Å². The number of amides is 1. The van der Waals surface area contributed by atoms with Crippen molar-refractivity contribution >= 4 is 21.6 Å². The molecule has 1 aromatic carbocycles. The molecule has 0 aliphatic carbocycles. The second-order valence-electron chi connectivity index (χ2n) is 4.13. The third-order valence-electron chi connectivity index (χ3n) is 2.84. The Labute approximate surface area is 100 Å². The Morgan fingerprint density at radius 2 is 2.00 bits per heavy atom. The molecule has 1 atom stereocenters. The Bertz CT molecular complexity index is 554. The highest BCUT2D eigenvalue weighted by molar-refractivity contribution is 7.88. The van der Waals surface area contributed by atoms with Gasteiger partial charge in [-0.1, -0.05) is 18.2 Å². The number of benzene rings is 1. The molecule has 17 heavy (non-hydrogen) atoms. The van der Waals surface area contributed by atoms with Crippen LogP contribution >= 0.6 is 0 Å². The molecule has 5 nitrogen and oxygen atoms in total. The van der Waals surface area contributed by atoms with E-state index in [0.29, 0.717) is 5.69 Å². The lowest BCUT2D eigenvalue weighted by Crippen LogP contribution is -2.42. The molecule has 0 fully saturated rings. The van der Waals surface area contributed by atoms with E-state index in [1.165, 1.54) is 4.31 Å². The van der Waals surface area contributed by atoms with Gasteiger partial charge in [-0.2, -0.15) is 4.31 Å². The van der Waals surface area contributed by atoms with E-state index in [4.69, 9.17) is 0 Å². The molecule has 0 saturated carbocycles. The second kappa shape index (κ2) is 4.12. The van der Waals surface area contributed by atoms with E-state index in [0.717, 1.165) is 11.8 Å². The van der Waals surface area contributed by atoms with Gasteiger partial charge in [-0.15, -0.1) is 0 Å². The first kappa shape index (κ1) is 12.1. The van der Waals surface area contributed by atoms with Gasteiger partial charge >= 0.3 is 0 Å². The maximum atomic E-state index is 11.8. The van der Waals surface area contributed by atoms with Crippen LogP contribution in [0.2, 0.25) is 0 Å². The van der Waals surface area contributed by atoms with Crippen LogP contribution in [0.3, 0.4) is 0 Å². The summed E-state index contributed by atoms with van der Waals surface area (Å²) in [6.07, 6.45) is 1.12. The van der Waals surface area contributed by atoms with Crippen LogP contribution in [-0.4, -0.2) is 30.9 Å². The van der Waals surface area contributed by atoms with E-state index in [2.05, 4.69) is 5.32 Å². The molecule has 1 aromatic rings. The minimum atomic E-state index is -3.40. The summed E-state index contributed by atoms with van der Waals surface area (Å²) in [5, 5.41) is 2.73. The van der Waals surface area contributed by atoms with Gasteiger partial charge in [0.25, 0.3) is 0 Å². The third-order valence-corrected chi connectivity index (χ3v) is 4.14. The van der Waals surface area contributed by atoms with E-state index < -0.39 is 16.1 Å². The van der Waals surface area contributed by atoms with Crippen molar-refractivity contribution in [3.63, 3.8) is 0 Å².